The number of nitrogens with one attached hydrogen (secondary N) is 2. The van der Waals surface area contributed by atoms with Crippen LogP contribution in [0.2, 0.25) is 0 Å². The maximum Gasteiger partial charge on any atom is 0.268 e. The molecule has 15 heavy (non-hydrogen) atoms. The molecule has 0 radical (unpaired) electrons. The summed E-state index contributed by atoms with van der Waals surface area (Å²) in [6.45, 7) is 0. The van der Waals surface area contributed by atoms with E-state index >= 15 is 0 Å². The molecule has 1 aromatic carbocycles. The minimum absolute atomic E-state index is 0.214. The standard InChI is InChI=1S/C9H10BrN3OS/c1-13(11-6-15)12-9(14)7-4-2-3-5-8(7)10/h2-6H,1H3,(H,11,15)(H,12,14). The fourth-order valence-corrected chi connectivity index (χ4v) is 1.59. The summed E-state index contributed by atoms with van der Waals surface area (Å²) in [5, 5.41) is 1.38. The van der Waals surface area contributed by atoms with Crippen LogP contribution in [0, 0.1) is 0 Å². The second kappa shape index (κ2) is 5.79. The van der Waals surface area contributed by atoms with Gasteiger partial charge in [0.15, 0.2) is 0 Å². The van der Waals surface area contributed by atoms with Gasteiger partial charge in [-0.3, -0.25) is 15.6 Å². The van der Waals surface area contributed by atoms with Gasteiger partial charge in [0.25, 0.3) is 5.91 Å². The smallest absolute Gasteiger partial charge is 0.268 e. The first kappa shape index (κ1) is 12.1. The number of carbonyl (C=O) groups is 1. The molecule has 0 saturated carbocycles. The molecule has 0 aliphatic heterocycles. The van der Waals surface area contributed by atoms with Crippen molar-refractivity contribution in [1.29, 1.82) is 0 Å². The number of hydrogen-bond acceptors (Lipinski definition) is 3. The average molecular weight is 288 g/mol. The quantitative estimate of drug-likeness (QED) is 0.651. The van der Waals surface area contributed by atoms with E-state index in [0.29, 0.717) is 5.56 Å². The number of hydrogen-bond donors (Lipinski definition) is 2. The summed E-state index contributed by atoms with van der Waals surface area (Å²) in [7, 11) is 1.65. The van der Waals surface area contributed by atoms with Gasteiger partial charge in [0.2, 0.25) is 0 Å². The fourth-order valence-electron chi connectivity index (χ4n) is 0.969. The molecule has 0 saturated heterocycles. The van der Waals surface area contributed by atoms with Crippen molar-refractivity contribution in [1.82, 2.24) is 16.0 Å². The van der Waals surface area contributed by atoms with Crippen LogP contribution in [-0.2, 0) is 0 Å². The summed E-state index contributed by atoms with van der Waals surface area (Å²) >= 11 is 7.88. The van der Waals surface area contributed by atoms with Crippen molar-refractivity contribution >= 4 is 39.5 Å². The number of thiocarbonyl (C=S) groups is 1. The van der Waals surface area contributed by atoms with Crippen LogP contribution >= 0.6 is 28.1 Å². The molecule has 80 valence electrons. The molecule has 2 N–H and O–H groups in total. The van der Waals surface area contributed by atoms with Crippen molar-refractivity contribution in [3.05, 3.63) is 34.3 Å². The molecule has 4 nitrogen and oxygen atoms in total. The lowest BCUT2D eigenvalue weighted by atomic mass is 10.2. The van der Waals surface area contributed by atoms with E-state index in [1.807, 2.05) is 12.1 Å². The molecule has 0 heterocycles. The second-order valence-corrected chi connectivity index (χ2v) is 3.82. The van der Waals surface area contributed by atoms with Gasteiger partial charge in [-0.15, -0.1) is 5.12 Å². The molecule has 1 amide bonds. The molecule has 0 fully saturated rings. The van der Waals surface area contributed by atoms with Crippen molar-refractivity contribution in [2.24, 2.45) is 0 Å². The molecule has 0 aromatic heterocycles. The van der Waals surface area contributed by atoms with E-state index in [-0.39, 0.29) is 5.91 Å². The molecule has 0 unspecified atom stereocenters. The summed E-state index contributed by atoms with van der Waals surface area (Å²) < 4.78 is 0.748. The van der Waals surface area contributed by atoms with Crippen molar-refractivity contribution in [3.8, 4) is 0 Å². The minimum Gasteiger partial charge on any atom is -0.298 e. The number of carbonyl (C=O) groups excluding carboxylic acids is 1. The zero-order chi connectivity index (χ0) is 11.3. The van der Waals surface area contributed by atoms with Gasteiger partial charge in [0, 0.05) is 11.5 Å². The number of benzene rings is 1. The van der Waals surface area contributed by atoms with Crippen molar-refractivity contribution in [2.75, 3.05) is 7.05 Å². The minimum atomic E-state index is -0.214. The van der Waals surface area contributed by atoms with Gasteiger partial charge >= 0.3 is 0 Å². The molecular weight excluding hydrogens is 278 g/mol. The molecular formula is C9H10BrN3OS. The normalized spacial score (nSPS) is 9.80. The predicted molar refractivity (Wildman–Crippen MR) is 66.2 cm³/mol. The van der Waals surface area contributed by atoms with E-state index in [4.69, 9.17) is 0 Å². The Morgan fingerprint density at radius 2 is 2.20 bits per heavy atom. The third-order valence-electron chi connectivity index (χ3n) is 1.63. The Morgan fingerprint density at radius 1 is 1.53 bits per heavy atom. The molecule has 0 atom stereocenters. The van der Waals surface area contributed by atoms with E-state index in [2.05, 4.69) is 39.0 Å². The highest BCUT2D eigenvalue weighted by atomic mass is 79.9. The molecule has 1 rings (SSSR count). The van der Waals surface area contributed by atoms with Crippen LogP contribution in [0.1, 0.15) is 10.4 Å². The lowest BCUT2D eigenvalue weighted by Crippen LogP contribution is -2.47. The third kappa shape index (κ3) is 3.58. The van der Waals surface area contributed by atoms with Crippen LogP contribution in [0.5, 0.6) is 0 Å². The Morgan fingerprint density at radius 3 is 2.80 bits per heavy atom. The Kier molecular flexibility index (Phi) is 4.67. The first-order chi connectivity index (χ1) is 7.15. The van der Waals surface area contributed by atoms with E-state index in [1.165, 1.54) is 10.6 Å². The number of amides is 1. The lowest BCUT2D eigenvalue weighted by molar-refractivity contribution is 0.0796. The Hall–Kier alpha value is -0.980. The number of nitrogens with zero attached hydrogens (tertiary/aromatic N) is 1. The second-order valence-electron chi connectivity index (χ2n) is 2.73. The Bertz CT molecular complexity index is 372. The zero-order valence-corrected chi connectivity index (χ0v) is 10.4. The molecule has 0 bridgehead atoms. The monoisotopic (exact) mass is 287 g/mol. The summed E-state index contributed by atoms with van der Waals surface area (Å²) in [6.07, 6.45) is 0. The summed E-state index contributed by atoms with van der Waals surface area (Å²) in [4.78, 5) is 11.7. The van der Waals surface area contributed by atoms with Crippen LogP contribution in [-0.4, -0.2) is 23.6 Å². The van der Waals surface area contributed by atoms with Crippen LogP contribution in [0.15, 0.2) is 28.7 Å². The molecule has 0 aliphatic rings. The summed E-state index contributed by atoms with van der Waals surface area (Å²) in [5.41, 5.74) is 7.11. The van der Waals surface area contributed by atoms with E-state index in [0.717, 1.165) is 4.47 Å². The molecule has 0 spiro atoms. The fraction of sp³-hybridized carbons (Fsp3) is 0.111. The highest BCUT2D eigenvalue weighted by Gasteiger charge is 2.09. The molecule has 0 aliphatic carbocycles. The first-order valence-electron chi connectivity index (χ1n) is 4.14. The average Bonchev–Trinajstić information content (AvgIpc) is 2.18. The van der Waals surface area contributed by atoms with Gasteiger partial charge in [-0.2, -0.15) is 0 Å². The van der Waals surface area contributed by atoms with Gasteiger partial charge < -0.3 is 0 Å². The molecule has 1 aromatic rings. The van der Waals surface area contributed by atoms with Crippen molar-refractivity contribution in [3.63, 3.8) is 0 Å². The maximum atomic E-state index is 11.7. The van der Waals surface area contributed by atoms with Gasteiger partial charge in [0.1, 0.15) is 0 Å². The van der Waals surface area contributed by atoms with Gasteiger partial charge in [-0.25, -0.2) is 0 Å². The van der Waals surface area contributed by atoms with Crippen molar-refractivity contribution in [2.45, 2.75) is 0 Å². The number of rotatable bonds is 4. The van der Waals surface area contributed by atoms with E-state index < -0.39 is 0 Å². The first-order valence-corrected chi connectivity index (χ1v) is 5.40. The largest absolute Gasteiger partial charge is 0.298 e. The van der Waals surface area contributed by atoms with Crippen LogP contribution in [0.3, 0.4) is 0 Å². The van der Waals surface area contributed by atoms with Crippen LogP contribution < -0.4 is 10.9 Å². The molecule has 6 heteroatoms. The van der Waals surface area contributed by atoms with Crippen molar-refractivity contribution < 1.29 is 4.79 Å². The third-order valence-corrected chi connectivity index (χ3v) is 2.43. The van der Waals surface area contributed by atoms with E-state index in [1.54, 1.807) is 19.2 Å². The van der Waals surface area contributed by atoms with Gasteiger partial charge in [-0.1, -0.05) is 24.4 Å². The maximum absolute atomic E-state index is 11.7. The highest BCUT2D eigenvalue weighted by Crippen LogP contribution is 2.15. The Balaban J connectivity index is 2.69. The summed E-state index contributed by atoms with van der Waals surface area (Å²) in [5.74, 6) is -0.214. The SMILES string of the molecule is CN(NC=S)NC(=O)c1ccccc1Br. The highest BCUT2D eigenvalue weighted by molar-refractivity contribution is 9.10. The van der Waals surface area contributed by atoms with Gasteiger partial charge in [-0.05, 0) is 28.1 Å². The predicted octanol–water partition coefficient (Wildman–Crippen LogP) is 1.49. The van der Waals surface area contributed by atoms with Gasteiger partial charge in [0.05, 0.1) is 11.1 Å². The van der Waals surface area contributed by atoms with E-state index in [9.17, 15) is 4.79 Å². The topological polar surface area (TPSA) is 44.4 Å². The number of halogens is 1. The lowest BCUT2D eigenvalue weighted by Gasteiger charge is -2.17. The van der Waals surface area contributed by atoms with Crippen LogP contribution in [0.4, 0.5) is 0 Å². The summed E-state index contributed by atoms with van der Waals surface area (Å²) in [6, 6.07) is 7.18. The van der Waals surface area contributed by atoms with Crippen LogP contribution in [0.25, 0.3) is 0 Å². The Labute approximate surface area is 102 Å². The number of hydrazine groups is 2. The zero-order valence-electron chi connectivity index (χ0n) is 8.03.